The third kappa shape index (κ3) is 3.31. The summed E-state index contributed by atoms with van der Waals surface area (Å²) in [6.07, 6.45) is 0. The fraction of sp³-hybridized carbons (Fsp3) is 0.273. The molecule has 0 aliphatic rings. The molecule has 0 aliphatic carbocycles. The second-order valence-corrected chi connectivity index (χ2v) is 5.09. The van der Waals surface area contributed by atoms with Gasteiger partial charge in [0.15, 0.2) is 0 Å². The summed E-state index contributed by atoms with van der Waals surface area (Å²) < 4.78 is 11.4. The predicted molar refractivity (Wildman–Crippen MR) is 70.0 cm³/mol. The molecule has 90 valence electrons. The molecule has 0 fully saturated rings. The Bertz CT molecular complexity index is 490. The van der Waals surface area contributed by atoms with Gasteiger partial charge in [-0.15, -0.1) is 10.2 Å². The van der Waals surface area contributed by atoms with Crippen molar-refractivity contribution < 1.29 is 9.15 Å². The number of nitrogens with zero attached hydrogens (tertiary/aromatic N) is 2. The Morgan fingerprint density at radius 2 is 2.18 bits per heavy atom. The van der Waals surface area contributed by atoms with Crippen molar-refractivity contribution in [3.8, 4) is 11.5 Å². The molecule has 0 N–H and O–H groups in total. The van der Waals surface area contributed by atoms with Crippen LogP contribution in [0.25, 0.3) is 11.5 Å². The molecular weight excluding hydrogens is 304 g/mol. The van der Waals surface area contributed by atoms with Crippen molar-refractivity contribution in [1.29, 1.82) is 0 Å². The molecule has 1 aromatic carbocycles. The molecule has 0 saturated heterocycles. The van der Waals surface area contributed by atoms with Crippen molar-refractivity contribution in [1.82, 2.24) is 10.2 Å². The van der Waals surface area contributed by atoms with Crippen molar-refractivity contribution in [3.05, 3.63) is 28.7 Å². The van der Waals surface area contributed by atoms with Gasteiger partial charge in [0.05, 0.1) is 12.2 Å². The summed E-state index contributed by atoms with van der Waals surface area (Å²) in [5.41, 5.74) is 0.901. The summed E-state index contributed by atoms with van der Waals surface area (Å²) in [7, 11) is 1.67. The number of halogens is 1. The molecule has 1 aromatic heterocycles. The Morgan fingerprint density at radius 3 is 2.94 bits per heavy atom. The van der Waals surface area contributed by atoms with Crippen molar-refractivity contribution in [2.24, 2.45) is 0 Å². The van der Waals surface area contributed by atoms with Crippen LogP contribution in [0, 0.1) is 0 Å². The number of methoxy groups -OCH3 is 1. The zero-order valence-electron chi connectivity index (χ0n) is 9.22. The van der Waals surface area contributed by atoms with Gasteiger partial charge in [-0.05, 0) is 28.1 Å². The Balaban J connectivity index is 2.10. The minimum atomic E-state index is 0.525. The normalized spacial score (nSPS) is 10.7. The van der Waals surface area contributed by atoms with Crippen molar-refractivity contribution in [2.75, 3.05) is 19.5 Å². The number of thioether (sulfide) groups is 1. The van der Waals surface area contributed by atoms with Gasteiger partial charge in [0.25, 0.3) is 5.22 Å². The van der Waals surface area contributed by atoms with Crippen LogP contribution in [-0.2, 0) is 4.74 Å². The number of rotatable bonds is 5. The lowest BCUT2D eigenvalue weighted by Crippen LogP contribution is -1.90. The van der Waals surface area contributed by atoms with Gasteiger partial charge in [0.1, 0.15) is 0 Å². The predicted octanol–water partition coefficient (Wildman–Crippen LogP) is 3.24. The standard InChI is InChI=1S/C11H11BrN2O2S/c1-15-6-7-17-11-14-13-10(16-11)8-4-2-3-5-9(8)12/h2-5H,6-7H2,1H3. The summed E-state index contributed by atoms with van der Waals surface area (Å²) in [6, 6.07) is 7.75. The molecule has 17 heavy (non-hydrogen) atoms. The first-order valence-electron chi connectivity index (χ1n) is 5.01. The van der Waals surface area contributed by atoms with Crippen LogP contribution in [0.1, 0.15) is 0 Å². The maximum Gasteiger partial charge on any atom is 0.276 e. The van der Waals surface area contributed by atoms with Crippen LogP contribution in [-0.4, -0.2) is 29.7 Å². The van der Waals surface area contributed by atoms with Crippen LogP contribution in [0.15, 0.2) is 38.4 Å². The van der Waals surface area contributed by atoms with E-state index in [1.165, 1.54) is 11.8 Å². The molecular formula is C11H11BrN2O2S. The molecule has 0 radical (unpaired) electrons. The molecule has 0 atom stereocenters. The lowest BCUT2D eigenvalue weighted by Gasteiger charge is -1.97. The Hall–Kier alpha value is -0.850. The number of hydrogen-bond donors (Lipinski definition) is 0. The van der Waals surface area contributed by atoms with Gasteiger partial charge in [0, 0.05) is 17.3 Å². The zero-order chi connectivity index (χ0) is 12.1. The first kappa shape index (κ1) is 12.6. The molecule has 4 nitrogen and oxygen atoms in total. The molecule has 1 heterocycles. The van der Waals surface area contributed by atoms with Crippen LogP contribution >= 0.6 is 27.7 Å². The van der Waals surface area contributed by atoms with Crippen LogP contribution in [0.4, 0.5) is 0 Å². The average Bonchev–Trinajstić information content (AvgIpc) is 2.79. The Morgan fingerprint density at radius 1 is 1.35 bits per heavy atom. The van der Waals surface area contributed by atoms with E-state index in [0.717, 1.165) is 15.8 Å². The highest BCUT2D eigenvalue weighted by molar-refractivity contribution is 9.10. The topological polar surface area (TPSA) is 48.2 Å². The number of benzene rings is 1. The van der Waals surface area contributed by atoms with Gasteiger partial charge < -0.3 is 9.15 Å². The SMILES string of the molecule is COCCSc1nnc(-c2ccccc2Br)o1. The third-order valence-corrected chi connectivity index (χ3v) is 3.50. The van der Waals surface area contributed by atoms with Gasteiger partial charge in [-0.25, -0.2) is 0 Å². The van der Waals surface area contributed by atoms with E-state index in [1.807, 2.05) is 24.3 Å². The zero-order valence-corrected chi connectivity index (χ0v) is 11.6. The fourth-order valence-corrected chi connectivity index (χ4v) is 2.34. The van der Waals surface area contributed by atoms with E-state index >= 15 is 0 Å². The average molecular weight is 315 g/mol. The smallest absolute Gasteiger partial charge is 0.276 e. The van der Waals surface area contributed by atoms with E-state index < -0.39 is 0 Å². The lowest BCUT2D eigenvalue weighted by atomic mass is 10.2. The summed E-state index contributed by atoms with van der Waals surface area (Å²) >= 11 is 4.94. The van der Waals surface area contributed by atoms with E-state index in [-0.39, 0.29) is 0 Å². The summed E-state index contributed by atoms with van der Waals surface area (Å²) in [5.74, 6) is 1.33. The molecule has 0 spiro atoms. The number of ether oxygens (including phenoxy) is 1. The highest BCUT2D eigenvalue weighted by Crippen LogP contribution is 2.28. The molecule has 2 aromatic rings. The summed E-state index contributed by atoms with van der Waals surface area (Å²) in [4.78, 5) is 0. The van der Waals surface area contributed by atoms with Gasteiger partial charge in [0.2, 0.25) is 5.89 Å². The van der Waals surface area contributed by atoms with E-state index in [4.69, 9.17) is 9.15 Å². The van der Waals surface area contributed by atoms with E-state index in [0.29, 0.717) is 17.7 Å². The van der Waals surface area contributed by atoms with Crippen LogP contribution in [0.3, 0.4) is 0 Å². The number of hydrogen-bond acceptors (Lipinski definition) is 5. The lowest BCUT2D eigenvalue weighted by molar-refractivity contribution is 0.218. The first-order chi connectivity index (χ1) is 8.31. The molecule has 0 bridgehead atoms. The molecule has 0 saturated carbocycles. The van der Waals surface area contributed by atoms with E-state index in [1.54, 1.807) is 7.11 Å². The van der Waals surface area contributed by atoms with Crippen molar-refractivity contribution in [2.45, 2.75) is 5.22 Å². The quantitative estimate of drug-likeness (QED) is 0.626. The van der Waals surface area contributed by atoms with Gasteiger partial charge in [-0.1, -0.05) is 23.9 Å². The van der Waals surface area contributed by atoms with Crippen molar-refractivity contribution >= 4 is 27.7 Å². The first-order valence-corrected chi connectivity index (χ1v) is 6.79. The van der Waals surface area contributed by atoms with Gasteiger partial charge in [-0.2, -0.15) is 0 Å². The second kappa shape index (κ2) is 6.18. The third-order valence-electron chi connectivity index (χ3n) is 2.02. The minimum absolute atomic E-state index is 0.525. The molecule has 2 rings (SSSR count). The van der Waals surface area contributed by atoms with E-state index in [9.17, 15) is 0 Å². The Kier molecular flexibility index (Phi) is 4.58. The van der Waals surface area contributed by atoms with Gasteiger partial charge in [-0.3, -0.25) is 0 Å². The largest absolute Gasteiger partial charge is 0.411 e. The van der Waals surface area contributed by atoms with Crippen molar-refractivity contribution in [3.63, 3.8) is 0 Å². The summed E-state index contributed by atoms with van der Waals surface area (Å²) in [6.45, 7) is 0.664. The maximum atomic E-state index is 5.55. The number of aromatic nitrogens is 2. The highest BCUT2D eigenvalue weighted by atomic mass is 79.9. The van der Waals surface area contributed by atoms with Crippen LogP contribution < -0.4 is 0 Å². The monoisotopic (exact) mass is 314 g/mol. The highest BCUT2D eigenvalue weighted by Gasteiger charge is 2.11. The van der Waals surface area contributed by atoms with Crippen LogP contribution in [0.2, 0.25) is 0 Å². The minimum Gasteiger partial charge on any atom is -0.411 e. The van der Waals surface area contributed by atoms with Crippen LogP contribution in [0.5, 0.6) is 0 Å². The van der Waals surface area contributed by atoms with Gasteiger partial charge >= 0.3 is 0 Å². The molecule has 0 aliphatic heterocycles. The Labute approximate surface area is 112 Å². The molecule has 0 unspecified atom stereocenters. The van der Waals surface area contributed by atoms with E-state index in [2.05, 4.69) is 26.1 Å². The summed E-state index contributed by atoms with van der Waals surface area (Å²) in [5, 5.41) is 8.56. The molecule has 6 heteroatoms. The fourth-order valence-electron chi connectivity index (χ4n) is 1.22. The molecule has 0 amide bonds. The maximum absolute atomic E-state index is 5.55. The second-order valence-electron chi connectivity index (χ2n) is 3.19.